The van der Waals surface area contributed by atoms with Gasteiger partial charge in [-0.2, -0.15) is 0 Å². The molecule has 340 valence electrons. The highest BCUT2D eigenvalue weighted by Crippen LogP contribution is 2.43. The number of carbonyl (C=O) groups is 3. The van der Waals surface area contributed by atoms with Gasteiger partial charge in [-0.1, -0.05) is 137 Å². The molecule has 3 N–H and O–H groups in total. The third kappa shape index (κ3) is 41.3. The van der Waals surface area contributed by atoms with E-state index in [2.05, 4.69) is 91.3 Å². The number of ketones is 1. The first-order valence-electron chi connectivity index (χ1n) is 22.1. The topological polar surface area (TPSA) is 166 Å². The molecule has 0 amide bonds. The molecule has 0 bridgehead atoms. The molecule has 0 spiro atoms. The van der Waals surface area contributed by atoms with Gasteiger partial charge < -0.3 is 24.6 Å². The van der Waals surface area contributed by atoms with E-state index in [-0.39, 0.29) is 31.5 Å². The lowest BCUT2D eigenvalue weighted by Gasteiger charge is -2.20. The summed E-state index contributed by atoms with van der Waals surface area (Å²) in [4.78, 5) is 47.2. The van der Waals surface area contributed by atoms with E-state index in [9.17, 15) is 28.9 Å². The van der Waals surface area contributed by atoms with Gasteiger partial charge >= 0.3 is 19.8 Å². The van der Waals surface area contributed by atoms with Crippen LogP contribution in [0, 0.1) is 0 Å². The minimum atomic E-state index is -4.70. The molecule has 60 heavy (non-hydrogen) atoms. The Kier molecular flexibility index (Phi) is 39.8. The first-order valence-corrected chi connectivity index (χ1v) is 23.6. The van der Waals surface area contributed by atoms with Crippen molar-refractivity contribution in [3.8, 4) is 0 Å². The number of hydrogen-bond acceptors (Lipinski definition) is 10. The van der Waals surface area contributed by atoms with Crippen LogP contribution in [0.5, 0.6) is 0 Å². The highest BCUT2D eigenvalue weighted by atomic mass is 31.2. The number of ether oxygens (including phenoxy) is 2. The van der Waals surface area contributed by atoms with Gasteiger partial charge in [-0.3, -0.25) is 23.4 Å². The SMILES string of the molecule is CCCCC/C=C\C/C=C\C/C=C\C=C\C(=O)CCCC(=O)O[C@H](COC(=O)CCCCC/C=C\C/C=C\C/C=C\C/C=C\CCCCC)COP(=O)(O)OC[C@@H](O)CO. The Morgan fingerprint density at radius 2 is 1.03 bits per heavy atom. The Labute approximate surface area is 361 Å². The first-order chi connectivity index (χ1) is 29.1. The maximum Gasteiger partial charge on any atom is 0.472 e. The summed E-state index contributed by atoms with van der Waals surface area (Å²) >= 11 is 0. The van der Waals surface area contributed by atoms with E-state index in [1.54, 1.807) is 12.2 Å². The van der Waals surface area contributed by atoms with Gasteiger partial charge in [0.1, 0.15) is 12.7 Å². The smallest absolute Gasteiger partial charge is 0.462 e. The third-order valence-electron chi connectivity index (χ3n) is 8.69. The molecule has 0 aliphatic rings. The lowest BCUT2D eigenvalue weighted by Crippen LogP contribution is -2.30. The molecule has 0 aliphatic heterocycles. The molecule has 0 saturated carbocycles. The van der Waals surface area contributed by atoms with Crippen molar-refractivity contribution in [3.05, 3.63) is 97.2 Å². The summed E-state index contributed by atoms with van der Waals surface area (Å²) in [6, 6.07) is 0. The van der Waals surface area contributed by atoms with Gasteiger partial charge in [0.25, 0.3) is 0 Å². The Morgan fingerprint density at radius 3 is 1.57 bits per heavy atom. The van der Waals surface area contributed by atoms with E-state index in [1.807, 2.05) is 6.08 Å². The Hall–Kier alpha value is -3.44. The zero-order valence-electron chi connectivity index (χ0n) is 36.6. The average Bonchev–Trinajstić information content (AvgIpc) is 3.23. The van der Waals surface area contributed by atoms with Crippen LogP contribution >= 0.6 is 7.82 Å². The summed E-state index contributed by atoms with van der Waals surface area (Å²) in [5.41, 5.74) is 0. The van der Waals surface area contributed by atoms with Crippen molar-refractivity contribution in [1.82, 2.24) is 0 Å². The number of unbranched alkanes of at least 4 members (excludes halogenated alkanes) is 9. The molecular formula is C48H77O11P. The van der Waals surface area contributed by atoms with Crippen LogP contribution in [0.1, 0.15) is 149 Å². The summed E-state index contributed by atoms with van der Waals surface area (Å²) < 4.78 is 32.5. The molecule has 0 radical (unpaired) electrons. The van der Waals surface area contributed by atoms with Crippen LogP contribution in [0.25, 0.3) is 0 Å². The standard InChI is InChI=1S/C48H77O11P/c1-3-5-7-9-11-13-15-17-18-19-20-21-22-24-26-28-30-32-34-38-47(52)56-42-46(43-58-60(54,55)57-41-45(51)40-49)59-48(53)39-35-37-44(50)36-33-31-29-27-25-23-16-14-12-10-8-6-4-2/h11-14,17-18,20-21,23-26,29,31,33,36,45-46,49,51H,3-10,15-16,19,22,27-28,30,32,34-35,37-43H2,1-2H3,(H,54,55)/b13-11-,14-12-,18-17-,21-20-,25-23-,26-24-,31-29-,36-33+/t45-,46+/m0/s1. The molecular weight excluding hydrogens is 783 g/mol. The molecule has 1 unspecified atom stereocenters. The molecule has 0 aromatic heterocycles. The number of aliphatic hydroxyl groups is 2. The molecule has 0 rings (SSSR count). The van der Waals surface area contributed by atoms with Crippen molar-refractivity contribution in [2.75, 3.05) is 26.4 Å². The summed E-state index contributed by atoms with van der Waals surface area (Å²) in [6.07, 6.45) is 48.0. The van der Waals surface area contributed by atoms with Gasteiger partial charge in [0.2, 0.25) is 0 Å². The van der Waals surface area contributed by atoms with Gasteiger partial charge in [0, 0.05) is 19.3 Å². The Morgan fingerprint density at radius 1 is 0.550 bits per heavy atom. The lowest BCUT2D eigenvalue weighted by molar-refractivity contribution is -0.161. The number of aliphatic hydroxyl groups excluding tert-OH is 2. The summed E-state index contributed by atoms with van der Waals surface area (Å²) in [7, 11) is -4.70. The van der Waals surface area contributed by atoms with Crippen molar-refractivity contribution < 1.29 is 52.6 Å². The van der Waals surface area contributed by atoms with E-state index in [4.69, 9.17) is 19.1 Å². The summed E-state index contributed by atoms with van der Waals surface area (Å²) in [5, 5.41) is 18.3. The molecule has 0 aliphatic carbocycles. The number of phosphoric ester groups is 1. The second-order valence-corrected chi connectivity index (χ2v) is 15.8. The van der Waals surface area contributed by atoms with E-state index in [0.29, 0.717) is 6.42 Å². The fraction of sp³-hybridized carbons (Fsp3) is 0.604. The molecule has 0 aromatic carbocycles. The molecule has 0 saturated heterocycles. The van der Waals surface area contributed by atoms with Crippen molar-refractivity contribution in [2.24, 2.45) is 0 Å². The fourth-order valence-electron chi connectivity index (χ4n) is 5.22. The summed E-state index contributed by atoms with van der Waals surface area (Å²) in [5.74, 6) is -1.39. The maximum atomic E-state index is 12.6. The molecule has 0 aromatic rings. The van der Waals surface area contributed by atoms with Crippen LogP contribution in [-0.2, 0) is 37.5 Å². The fourth-order valence-corrected chi connectivity index (χ4v) is 6.01. The number of allylic oxidation sites excluding steroid dienone is 16. The van der Waals surface area contributed by atoms with E-state index >= 15 is 0 Å². The normalized spacial score (nSPS) is 14.6. The average molecular weight is 861 g/mol. The van der Waals surface area contributed by atoms with Gasteiger partial charge in [-0.15, -0.1) is 0 Å². The second kappa shape index (κ2) is 42.3. The van der Waals surface area contributed by atoms with Gasteiger partial charge in [-0.25, -0.2) is 4.57 Å². The summed E-state index contributed by atoms with van der Waals surface area (Å²) in [6.45, 7) is 1.98. The van der Waals surface area contributed by atoms with Crippen molar-refractivity contribution in [2.45, 2.75) is 161 Å². The van der Waals surface area contributed by atoms with Gasteiger partial charge in [0.15, 0.2) is 11.9 Å². The van der Waals surface area contributed by atoms with Crippen LogP contribution in [0.3, 0.4) is 0 Å². The van der Waals surface area contributed by atoms with Crippen molar-refractivity contribution in [1.29, 1.82) is 0 Å². The Balaban J connectivity index is 4.56. The maximum absolute atomic E-state index is 12.6. The van der Waals surface area contributed by atoms with Crippen molar-refractivity contribution >= 4 is 25.5 Å². The number of esters is 2. The van der Waals surface area contributed by atoms with Gasteiger partial charge in [0.05, 0.1) is 19.8 Å². The van der Waals surface area contributed by atoms with E-state index in [0.717, 1.165) is 64.2 Å². The molecule has 0 heterocycles. The monoisotopic (exact) mass is 861 g/mol. The predicted octanol–water partition coefficient (Wildman–Crippen LogP) is 11.2. The lowest BCUT2D eigenvalue weighted by atomic mass is 10.1. The zero-order chi connectivity index (χ0) is 44.2. The number of rotatable bonds is 40. The van der Waals surface area contributed by atoms with Crippen LogP contribution in [0.15, 0.2) is 97.2 Å². The second-order valence-electron chi connectivity index (χ2n) is 14.4. The largest absolute Gasteiger partial charge is 0.472 e. The van der Waals surface area contributed by atoms with E-state index < -0.39 is 58.4 Å². The third-order valence-corrected chi connectivity index (χ3v) is 9.64. The molecule has 12 heteroatoms. The highest BCUT2D eigenvalue weighted by Gasteiger charge is 2.27. The quantitative estimate of drug-likeness (QED) is 0.0134. The van der Waals surface area contributed by atoms with Crippen molar-refractivity contribution in [3.63, 3.8) is 0 Å². The zero-order valence-corrected chi connectivity index (χ0v) is 37.5. The van der Waals surface area contributed by atoms with E-state index in [1.165, 1.54) is 44.6 Å². The number of hydrogen-bond donors (Lipinski definition) is 3. The van der Waals surface area contributed by atoms with Crippen LogP contribution < -0.4 is 0 Å². The first kappa shape index (κ1) is 56.6. The molecule has 3 atom stereocenters. The molecule has 0 fully saturated rings. The minimum Gasteiger partial charge on any atom is -0.462 e. The van der Waals surface area contributed by atoms with Crippen LogP contribution in [-0.4, -0.2) is 71.5 Å². The molecule has 11 nitrogen and oxygen atoms in total. The highest BCUT2D eigenvalue weighted by molar-refractivity contribution is 7.47. The van der Waals surface area contributed by atoms with Crippen LogP contribution in [0.4, 0.5) is 0 Å². The number of carbonyl (C=O) groups excluding carboxylic acids is 3. The van der Waals surface area contributed by atoms with Crippen LogP contribution in [0.2, 0.25) is 0 Å². The predicted molar refractivity (Wildman–Crippen MR) is 242 cm³/mol. The number of phosphoric acid groups is 1. The Bertz CT molecular complexity index is 1380. The van der Waals surface area contributed by atoms with Gasteiger partial charge in [-0.05, 0) is 89.5 Å². The minimum absolute atomic E-state index is 0.107.